The van der Waals surface area contributed by atoms with Gasteiger partial charge in [0.25, 0.3) is 0 Å². The van der Waals surface area contributed by atoms with Crippen LogP contribution in [0.3, 0.4) is 0 Å². The first-order valence-corrected chi connectivity index (χ1v) is 13.5. The summed E-state index contributed by atoms with van der Waals surface area (Å²) < 4.78 is 13.6. The van der Waals surface area contributed by atoms with Crippen molar-refractivity contribution in [1.29, 1.82) is 0 Å². The smallest absolute Gasteiger partial charge is 0.231 e. The van der Waals surface area contributed by atoms with Gasteiger partial charge in [0, 0.05) is 12.5 Å². The van der Waals surface area contributed by atoms with E-state index in [1.165, 1.54) is 43.9 Å². The Morgan fingerprint density at radius 2 is 1.88 bits per heavy atom. The molecule has 34 heavy (non-hydrogen) atoms. The number of rotatable bonds is 8. The second-order valence-electron chi connectivity index (χ2n) is 9.56. The van der Waals surface area contributed by atoms with Crippen molar-refractivity contribution in [2.75, 3.05) is 19.0 Å². The molecule has 1 aliphatic heterocycles. The zero-order valence-corrected chi connectivity index (χ0v) is 20.6. The first-order chi connectivity index (χ1) is 16.7. The predicted molar refractivity (Wildman–Crippen MR) is 132 cm³/mol. The Balaban J connectivity index is 1.28. The summed E-state index contributed by atoms with van der Waals surface area (Å²) >= 11 is 1.46. The quantitative estimate of drug-likeness (QED) is 0.423. The first kappa shape index (κ1) is 23.3. The minimum absolute atomic E-state index is 0.0224. The van der Waals surface area contributed by atoms with E-state index >= 15 is 0 Å². The molecule has 3 aliphatic rings. The van der Waals surface area contributed by atoms with Crippen LogP contribution in [0.25, 0.3) is 0 Å². The van der Waals surface area contributed by atoms with Crippen molar-refractivity contribution in [3.05, 3.63) is 42.2 Å². The molecule has 0 spiro atoms. The van der Waals surface area contributed by atoms with Crippen molar-refractivity contribution in [2.45, 2.75) is 80.9 Å². The zero-order chi connectivity index (χ0) is 23.4. The molecule has 0 unspecified atom stereocenters. The number of fused-ring (bicyclic) bond motifs is 1. The summed E-state index contributed by atoms with van der Waals surface area (Å²) in [4.78, 5) is 13.2. The molecule has 7 nitrogen and oxygen atoms in total. The number of nitrogens with one attached hydrogen (secondary N) is 1. The molecule has 0 atom stereocenters. The molecule has 0 saturated heterocycles. The van der Waals surface area contributed by atoms with Gasteiger partial charge in [-0.05, 0) is 43.4 Å². The number of carbonyl (C=O) groups is 1. The van der Waals surface area contributed by atoms with Crippen LogP contribution in [-0.2, 0) is 16.9 Å². The van der Waals surface area contributed by atoms with Crippen molar-refractivity contribution in [1.82, 2.24) is 20.1 Å². The average Bonchev–Trinajstić information content (AvgIpc) is 3.51. The largest absolute Gasteiger partial charge is 0.486 e. The van der Waals surface area contributed by atoms with Crippen LogP contribution < -0.4 is 14.8 Å². The highest BCUT2D eigenvalue weighted by Crippen LogP contribution is 2.42. The van der Waals surface area contributed by atoms with Crippen LogP contribution in [0.15, 0.2) is 36.0 Å². The number of ether oxygens (including phenoxy) is 2. The first-order valence-electron chi connectivity index (χ1n) is 12.6. The second-order valence-corrected chi connectivity index (χ2v) is 10.5. The number of hydrogen-bond donors (Lipinski definition) is 1. The third-order valence-corrected chi connectivity index (χ3v) is 8.26. The Kier molecular flexibility index (Phi) is 7.13. The van der Waals surface area contributed by atoms with Crippen LogP contribution in [0.5, 0.6) is 11.5 Å². The third kappa shape index (κ3) is 4.83. The van der Waals surface area contributed by atoms with Crippen LogP contribution in [0.1, 0.15) is 75.1 Å². The normalized spacial score (nSPS) is 19.6. The fourth-order valence-corrected chi connectivity index (χ4v) is 6.36. The molecule has 2 aromatic rings. The van der Waals surface area contributed by atoms with Gasteiger partial charge in [0.1, 0.15) is 19.0 Å². The number of aromatic nitrogens is 3. The van der Waals surface area contributed by atoms with E-state index in [-0.39, 0.29) is 11.4 Å². The average molecular weight is 483 g/mol. The lowest BCUT2D eigenvalue weighted by Gasteiger charge is -2.32. The SMILES string of the molecule is C=CCn1c(SCC(=O)NC2(c3ccc4c(c3)OCCO4)CCCC2)nnc1C1CCCCC1. The molecule has 5 rings (SSSR count). The van der Waals surface area contributed by atoms with Crippen molar-refractivity contribution >= 4 is 17.7 Å². The van der Waals surface area contributed by atoms with Gasteiger partial charge in [0.2, 0.25) is 5.91 Å². The lowest BCUT2D eigenvalue weighted by atomic mass is 9.87. The summed E-state index contributed by atoms with van der Waals surface area (Å²) in [5.41, 5.74) is 0.747. The summed E-state index contributed by atoms with van der Waals surface area (Å²) in [7, 11) is 0. The number of thioether (sulfide) groups is 1. The molecule has 0 bridgehead atoms. The lowest BCUT2D eigenvalue weighted by molar-refractivity contribution is -0.120. The molecule has 2 aliphatic carbocycles. The van der Waals surface area contributed by atoms with Gasteiger partial charge in [-0.1, -0.05) is 56.0 Å². The van der Waals surface area contributed by atoms with E-state index in [1.807, 2.05) is 18.2 Å². The minimum atomic E-state index is -0.352. The summed E-state index contributed by atoms with van der Waals surface area (Å²) in [6, 6.07) is 6.09. The molecule has 1 aromatic heterocycles. The zero-order valence-electron chi connectivity index (χ0n) is 19.8. The van der Waals surface area contributed by atoms with Crippen LogP contribution in [0.2, 0.25) is 0 Å². The van der Waals surface area contributed by atoms with Gasteiger partial charge >= 0.3 is 0 Å². The second kappa shape index (κ2) is 10.4. The number of hydrogen-bond acceptors (Lipinski definition) is 6. The van der Waals surface area contributed by atoms with Gasteiger partial charge in [0.05, 0.1) is 11.3 Å². The monoisotopic (exact) mass is 482 g/mol. The molecule has 2 saturated carbocycles. The lowest BCUT2D eigenvalue weighted by Crippen LogP contribution is -2.44. The molecule has 1 amide bonds. The molecule has 2 heterocycles. The van der Waals surface area contributed by atoms with E-state index in [1.54, 1.807) is 0 Å². The molecule has 1 N–H and O–H groups in total. The summed E-state index contributed by atoms with van der Waals surface area (Å²) in [5.74, 6) is 3.39. The number of amides is 1. The Morgan fingerprint density at radius 3 is 2.65 bits per heavy atom. The predicted octanol–water partition coefficient (Wildman–Crippen LogP) is 4.96. The number of carbonyl (C=O) groups excluding carboxylic acids is 1. The van der Waals surface area contributed by atoms with E-state index < -0.39 is 0 Å². The maximum absolute atomic E-state index is 13.2. The van der Waals surface area contributed by atoms with Gasteiger partial charge in [-0.2, -0.15) is 0 Å². The molecule has 0 radical (unpaired) electrons. The van der Waals surface area contributed by atoms with Crippen molar-refractivity contribution in [2.24, 2.45) is 0 Å². The highest BCUT2D eigenvalue weighted by Gasteiger charge is 2.38. The van der Waals surface area contributed by atoms with Crippen molar-refractivity contribution in [3.8, 4) is 11.5 Å². The van der Waals surface area contributed by atoms with Crippen molar-refractivity contribution < 1.29 is 14.3 Å². The van der Waals surface area contributed by atoms with E-state index in [0.29, 0.717) is 31.4 Å². The third-order valence-electron chi connectivity index (χ3n) is 7.29. The van der Waals surface area contributed by atoms with E-state index in [0.717, 1.165) is 53.7 Å². The van der Waals surface area contributed by atoms with Gasteiger partial charge in [-0.3, -0.25) is 4.79 Å². The van der Waals surface area contributed by atoms with E-state index in [9.17, 15) is 4.79 Å². The molecule has 1 aromatic carbocycles. The number of nitrogens with zero attached hydrogens (tertiary/aromatic N) is 3. The topological polar surface area (TPSA) is 78.3 Å². The Labute approximate surface area is 205 Å². The van der Waals surface area contributed by atoms with Gasteiger partial charge in [0.15, 0.2) is 16.7 Å². The van der Waals surface area contributed by atoms with Gasteiger partial charge < -0.3 is 19.4 Å². The Hall–Kier alpha value is -2.48. The van der Waals surface area contributed by atoms with Crippen LogP contribution in [0, 0.1) is 0 Å². The minimum Gasteiger partial charge on any atom is -0.486 e. The number of allylic oxidation sites excluding steroid dienone is 1. The van der Waals surface area contributed by atoms with Crippen LogP contribution in [0.4, 0.5) is 0 Å². The maximum atomic E-state index is 13.2. The van der Waals surface area contributed by atoms with E-state index in [2.05, 4.69) is 32.7 Å². The molecule has 8 heteroatoms. The highest BCUT2D eigenvalue weighted by atomic mass is 32.2. The molecule has 182 valence electrons. The standard InChI is InChI=1S/C26H34N4O3S/c1-2-14-30-24(19-8-4-3-5-9-19)28-29-25(30)34-18-23(31)27-26(12-6-7-13-26)20-10-11-21-22(17-20)33-16-15-32-21/h2,10-11,17,19H,1,3-9,12-16,18H2,(H,27,31). The summed E-state index contributed by atoms with van der Waals surface area (Å²) in [6.45, 7) is 5.72. The highest BCUT2D eigenvalue weighted by molar-refractivity contribution is 7.99. The summed E-state index contributed by atoms with van der Waals surface area (Å²) in [5, 5.41) is 13.2. The van der Waals surface area contributed by atoms with Crippen LogP contribution in [-0.4, -0.2) is 39.6 Å². The number of benzene rings is 1. The Bertz CT molecular complexity index is 1030. The van der Waals surface area contributed by atoms with Gasteiger partial charge in [-0.15, -0.1) is 16.8 Å². The fraction of sp³-hybridized carbons (Fsp3) is 0.577. The molecular weight excluding hydrogens is 448 g/mol. The Morgan fingerprint density at radius 1 is 1.12 bits per heavy atom. The molecule has 2 fully saturated rings. The fourth-order valence-electron chi connectivity index (χ4n) is 5.61. The molecular formula is C26H34N4O3S. The van der Waals surface area contributed by atoms with Gasteiger partial charge in [-0.25, -0.2) is 0 Å². The van der Waals surface area contributed by atoms with Crippen molar-refractivity contribution in [3.63, 3.8) is 0 Å². The summed E-state index contributed by atoms with van der Waals surface area (Å²) in [6.07, 6.45) is 12.1. The maximum Gasteiger partial charge on any atom is 0.231 e. The van der Waals surface area contributed by atoms with E-state index in [4.69, 9.17) is 9.47 Å². The van der Waals surface area contributed by atoms with Crippen LogP contribution >= 0.6 is 11.8 Å².